The lowest BCUT2D eigenvalue weighted by Crippen LogP contribution is -2.43. The van der Waals surface area contributed by atoms with E-state index in [1.165, 1.54) is 0 Å². The Morgan fingerprint density at radius 1 is 1.20 bits per heavy atom. The lowest BCUT2D eigenvalue weighted by molar-refractivity contribution is -0.125. The Morgan fingerprint density at radius 2 is 1.73 bits per heavy atom. The minimum atomic E-state index is -0.0931. The highest BCUT2D eigenvalue weighted by Gasteiger charge is 2.18. The minimum Gasteiger partial charge on any atom is -0.300 e. The van der Waals surface area contributed by atoms with Crippen molar-refractivity contribution in [3.8, 4) is 0 Å². The topological polar surface area (TPSA) is 58.4 Å². The molecular weight excluding hydrogens is 190 g/mol. The van der Waals surface area contributed by atoms with E-state index in [1.807, 2.05) is 6.92 Å². The van der Waals surface area contributed by atoms with Crippen LogP contribution in [-0.2, 0) is 4.79 Å². The maximum absolute atomic E-state index is 11.3. The molecule has 0 aromatic heterocycles. The lowest BCUT2D eigenvalue weighted by Gasteiger charge is -2.30. The van der Waals surface area contributed by atoms with Crippen molar-refractivity contribution in [1.82, 2.24) is 10.3 Å². The van der Waals surface area contributed by atoms with Gasteiger partial charge in [-0.3, -0.25) is 15.1 Å². The van der Waals surface area contributed by atoms with E-state index in [4.69, 9.17) is 5.84 Å². The highest BCUT2D eigenvalue weighted by Crippen LogP contribution is 2.08. The normalized spacial score (nSPS) is 13.7. The van der Waals surface area contributed by atoms with E-state index in [0.29, 0.717) is 12.0 Å². The zero-order valence-corrected chi connectivity index (χ0v) is 10.6. The summed E-state index contributed by atoms with van der Waals surface area (Å²) in [7, 11) is 0. The molecule has 3 N–H and O–H groups in total. The van der Waals surface area contributed by atoms with Crippen molar-refractivity contribution in [2.75, 3.05) is 13.1 Å². The maximum atomic E-state index is 11.3. The molecule has 0 aliphatic carbocycles. The van der Waals surface area contributed by atoms with Crippen molar-refractivity contribution in [1.29, 1.82) is 0 Å². The number of rotatable bonds is 6. The molecule has 0 heterocycles. The molecule has 1 atom stereocenters. The predicted octanol–water partition coefficient (Wildman–Crippen LogP) is 0.979. The fraction of sp³-hybridized carbons (Fsp3) is 0.909. The first-order valence-electron chi connectivity index (χ1n) is 5.63. The van der Waals surface area contributed by atoms with Crippen molar-refractivity contribution >= 4 is 5.91 Å². The van der Waals surface area contributed by atoms with Gasteiger partial charge in [-0.1, -0.05) is 20.8 Å². The summed E-state index contributed by atoms with van der Waals surface area (Å²) in [6.45, 7) is 12.3. The van der Waals surface area contributed by atoms with Crippen LogP contribution in [0.4, 0.5) is 0 Å². The molecule has 1 amide bonds. The Morgan fingerprint density at radius 3 is 2.07 bits per heavy atom. The summed E-state index contributed by atoms with van der Waals surface area (Å²) in [5, 5.41) is 0. The summed E-state index contributed by atoms with van der Waals surface area (Å²) in [4.78, 5) is 13.6. The zero-order chi connectivity index (χ0) is 12.0. The van der Waals surface area contributed by atoms with Gasteiger partial charge in [0.05, 0.1) is 0 Å². The molecule has 0 aromatic rings. The number of nitrogens with zero attached hydrogens (tertiary/aromatic N) is 1. The Bertz CT molecular complexity index is 192. The zero-order valence-electron chi connectivity index (χ0n) is 10.6. The van der Waals surface area contributed by atoms with Gasteiger partial charge in [-0.15, -0.1) is 0 Å². The van der Waals surface area contributed by atoms with Crippen LogP contribution in [0.15, 0.2) is 0 Å². The molecule has 0 bridgehead atoms. The summed E-state index contributed by atoms with van der Waals surface area (Å²) >= 11 is 0. The van der Waals surface area contributed by atoms with Gasteiger partial charge < -0.3 is 0 Å². The highest BCUT2D eigenvalue weighted by molar-refractivity contribution is 5.77. The summed E-state index contributed by atoms with van der Waals surface area (Å²) < 4.78 is 0. The fourth-order valence-electron chi connectivity index (χ4n) is 1.54. The average molecular weight is 215 g/mol. The predicted molar refractivity (Wildman–Crippen MR) is 63.0 cm³/mol. The quantitative estimate of drug-likeness (QED) is 0.394. The molecule has 0 aliphatic rings. The van der Waals surface area contributed by atoms with E-state index < -0.39 is 0 Å². The number of nitrogens with one attached hydrogen (secondary N) is 1. The van der Waals surface area contributed by atoms with Crippen LogP contribution >= 0.6 is 0 Å². The molecular formula is C11H25N3O. The highest BCUT2D eigenvalue weighted by atomic mass is 16.2. The molecule has 0 aliphatic heterocycles. The Kier molecular flexibility index (Phi) is 6.52. The molecule has 0 saturated carbocycles. The molecule has 90 valence electrons. The van der Waals surface area contributed by atoms with Crippen LogP contribution in [0.3, 0.4) is 0 Å². The first kappa shape index (κ1) is 14.4. The molecule has 0 fully saturated rings. The molecule has 1 unspecified atom stereocenters. The third kappa shape index (κ3) is 5.74. The number of amides is 1. The number of carbonyl (C=O) groups excluding carboxylic acids is 1. The van der Waals surface area contributed by atoms with Crippen LogP contribution in [0.5, 0.6) is 0 Å². The molecule has 4 nitrogen and oxygen atoms in total. The summed E-state index contributed by atoms with van der Waals surface area (Å²) in [6.07, 6.45) is 0. The molecule has 4 heteroatoms. The Hall–Kier alpha value is -0.610. The third-order valence-corrected chi connectivity index (χ3v) is 2.43. The second-order valence-corrected chi connectivity index (χ2v) is 4.85. The Labute approximate surface area is 93.2 Å². The van der Waals surface area contributed by atoms with E-state index in [-0.39, 0.29) is 11.8 Å². The van der Waals surface area contributed by atoms with Gasteiger partial charge in [0, 0.05) is 25.0 Å². The summed E-state index contributed by atoms with van der Waals surface area (Å²) in [6, 6.07) is 0.459. The van der Waals surface area contributed by atoms with Gasteiger partial charge in [0.1, 0.15) is 0 Å². The molecule has 0 rings (SSSR count). The lowest BCUT2D eigenvalue weighted by atomic mass is 10.1. The second-order valence-electron chi connectivity index (χ2n) is 4.85. The molecule has 15 heavy (non-hydrogen) atoms. The maximum Gasteiger partial charge on any atom is 0.237 e. The van der Waals surface area contributed by atoms with Crippen molar-refractivity contribution < 1.29 is 4.79 Å². The first-order chi connectivity index (χ1) is 6.88. The standard InChI is InChI=1S/C11H25N3O/c1-8(2)6-14(9(3)4)7-10(5)11(15)13-12/h8-10H,6-7,12H2,1-5H3,(H,13,15). The minimum absolute atomic E-state index is 0.0591. The number of hydrogen-bond acceptors (Lipinski definition) is 3. The van der Waals surface area contributed by atoms with Gasteiger partial charge in [0.25, 0.3) is 0 Å². The molecule has 0 saturated heterocycles. The number of hydrogen-bond donors (Lipinski definition) is 2. The largest absolute Gasteiger partial charge is 0.300 e. The van der Waals surface area contributed by atoms with Crippen LogP contribution in [0, 0.1) is 11.8 Å². The third-order valence-electron chi connectivity index (χ3n) is 2.43. The monoisotopic (exact) mass is 215 g/mol. The Balaban J connectivity index is 4.22. The van der Waals surface area contributed by atoms with Gasteiger partial charge in [0.15, 0.2) is 0 Å². The van der Waals surface area contributed by atoms with E-state index >= 15 is 0 Å². The van der Waals surface area contributed by atoms with Crippen molar-refractivity contribution in [3.63, 3.8) is 0 Å². The van der Waals surface area contributed by atoms with Crippen LogP contribution in [0.1, 0.15) is 34.6 Å². The first-order valence-corrected chi connectivity index (χ1v) is 5.63. The van der Waals surface area contributed by atoms with Crippen LogP contribution < -0.4 is 11.3 Å². The second kappa shape index (κ2) is 6.80. The van der Waals surface area contributed by atoms with E-state index in [9.17, 15) is 4.79 Å². The van der Waals surface area contributed by atoms with Crippen molar-refractivity contribution in [2.45, 2.75) is 40.7 Å². The molecule has 0 spiro atoms. The number of carbonyl (C=O) groups is 1. The van der Waals surface area contributed by atoms with Gasteiger partial charge in [-0.2, -0.15) is 0 Å². The average Bonchev–Trinajstić information content (AvgIpc) is 2.14. The summed E-state index contributed by atoms with van der Waals surface area (Å²) in [5.41, 5.74) is 2.20. The van der Waals surface area contributed by atoms with E-state index in [1.54, 1.807) is 0 Å². The van der Waals surface area contributed by atoms with Crippen LogP contribution in [0.25, 0.3) is 0 Å². The van der Waals surface area contributed by atoms with Gasteiger partial charge >= 0.3 is 0 Å². The van der Waals surface area contributed by atoms with Crippen LogP contribution in [0.2, 0.25) is 0 Å². The molecule has 0 radical (unpaired) electrons. The van der Waals surface area contributed by atoms with Crippen molar-refractivity contribution in [2.24, 2.45) is 17.7 Å². The van der Waals surface area contributed by atoms with E-state index in [0.717, 1.165) is 13.1 Å². The van der Waals surface area contributed by atoms with Crippen LogP contribution in [-0.4, -0.2) is 29.9 Å². The van der Waals surface area contributed by atoms with Gasteiger partial charge in [-0.05, 0) is 19.8 Å². The van der Waals surface area contributed by atoms with Gasteiger partial charge in [-0.25, -0.2) is 5.84 Å². The fourth-order valence-corrected chi connectivity index (χ4v) is 1.54. The number of hydrazine groups is 1. The van der Waals surface area contributed by atoms with E-state index in [2.05, 4.69) is 38.0 Å². The number of nitrogens with two attached hydrogens (primary N) is 1. The SMILES string of the molecule is CC(C)CN(CC(C)C(=O)NN)C(C)C. The summed E-state index contributed by atoms with van der Waals surface area (Å²) in [5.74, 6) is 5.57. The molecule has 0 aromatic carbocycles. The van der Waals surface area contributed by atoms with Crippen molar-refractivity contribution in [3.05, 3.63) is 0 Å². The van der Waals surface area contributed by atoms with Gasteiger partial charge in [0.2, 0.25) is 5.91 Å². The smallest absolute Gasteiger partial charge is 0.237 e.